The quantitative estimate of drug-likeness (QED) is 0.0295. The minimum Gasteiger partial charge on any atom is -0.496 e. The molecule has 0 atom stereocenters. The van der Waals surface area contributed by atoms with E-state index in [9.17, 15) is 24.3 Å². The number of thiophene rings is 1. The molecule has 7 aromatic rings. The van der Waals surface area contributed by atoms with E-state index in [2.05, 4.69) is 20.3 Å². The van der Waals surface area contributed by atoms with Crippen molar-refractivity contribution in [3.8, 4) is 11.5 Å². The molecule has 0 fully saturated rings. The van der Waals surface area contributed by atoms with E-state index < -0.39 is 11.9 Å². The van der Waals surface area contributed by atoms with Gasteiger partial charge in [0.15, 0.2) is 17.8 Å². The van der Waals surface area contributed by atoms with Gasteiger partial charge in [0, 0.05) is 67.2 Å². The van der Waals surface area contributed by atoms with Crippen molar-refractivity contribution in [3.05, 3.63) is 150 Å². The smallest absolute Gasteiger partial charge is 0.359 e. The topological polar surface area (TPSA) is 202 Å². The monoisotopic (exact) mass is 910 g/mol. The molecule has 0 amide bonds. The number of aliphatic carboxylic acids is 2. The fraction of sp³-hybridized carbons (Fsp3) is 0.174. The van der Waals surface area contributed by atoms with Gasteiger partial charge in [0.05, 0.1) is 30.2 Å². The minimum absolute atomic E-state index is 0.127. The first-order valence-corrected chi connectivity index (χ1v) is 20.8. The van der Waals surface area contributed by atoms with Gasteiger partial charge in [0.25, 0.3) is 0 Å². The standard InChI is InChI=1S/C25H21ClN2O5S.C21H19ClN2O5/c1-14-17(11-12-33-28-23(25(30)31)20-4-3-13-34-20)21-18(27-14)9-10-19(32-2)22(21)24(29)15-5-7-16(26)8-6-15;1-12-15(9-10-29-23-11-18(25)26)19-16(24-12)7-8-17(28-2)20(19)21(27)13-3-5-14(22)6-4-13/h3-10,13,27H,11-12H2,1-2H3,(H,30,31);3-8,11,24H,9-10H2,1-2H3,(H,25,26). The Bertz CT molecular complexity index is 2850. The summed E-state index contributed by atoms with van der Waals surface area (Å²) < 4.78 is 11.0. The number of carbonyl (C=O) groups excluding carboxylic acids is 2. The number of ether oxygens (including phenoxy) is 2. The van der Waals surface area contributed by atoms with Gasteiger partial charge in [-0.3, -0.25) is 9.59 Å². The maximum Gasteiger partial charge on any atom is 0.359 e. The molecular formula is C46H40Cl2N4O10S. The number of carboxylic acids is 2. The number of carboxylic acid groups (broad SMARTS) is 2. The maximum atomic E-state index is 13.5. The Balaban J connectivity index is 0.000000213. The van der Waals surface area contributed by atoms with Crippen LogP contribution >= 0.6 is 34.5 Å². The second-order valence-corrected chi connectivity index (χ2v) is 15.5. The molecule has 7 rings (SSSR count). The van der Waals surface area contributed by atoms with Gasteiger partial charge in [-0.15, -0.1) is 11.3 Å². The number of H-pyrrole nitrogens is 2. The van der Waals surface area contributed by atoms with Crippen molar-refractivity contribution >= 4 is 91.8 Å². The lowest BCUT2D eigenvalue weighted by atomic mass is 9.95. The van der Waals surface area contributed by atoms with Crippen molar-refractivity contribution < 1.29 is 48.5 Å². The molecule has 3 aromatic heterocycles. The lowest BCUT2D eigenvalue weighted by molar-refractivity contribution is -0.130. The number of carbonyl (C=O) groups is 4. The first kappa shape index (κ1) is 45.6. The zero-order valence-corrected chi connectivity index (χ0v) is 36.6. The number of aromatic nitrogens is 2. The Morgan fingerprint density at radius 3 is 1.57 bits per heavy atom. The number of fused-ring (bicyclic) bond motifs is 2. The molecule has 4 N–H and O–H groups in total. The van der Waals surface area contributed by atoms with E-state index in [1.54, 1.807) is 78.2 Å². The molecule has 0 aliphatic heterocycles. The van der Waals surface area contributed by atoms with Crippen molar-refractivity contribution in [1.29, 1.82) is 0 Å². The predicted molar refractivity (Wildman–Crippen MR) is 243 cm³/mol. The lowest BCUT2D eigenvalue weighted by Gasteiger charge is -2.11. The van der Waals surface area contributed by atoms with Crippen LogP contribution in [0.2, 0.25) is 10.0 Å². The summed E-state index contributed by atoms with van der Waals surface area (Å²) in [5, 5.41) is 29.6. The lowest BCUT2D eigenvalue weighted by Crippen LogP contribution is -2.14. The summed E-state index contributed by atoms with van der Waals surface area (Å²) in [5.74, 6) is -1.81. The van der Waals surface area contributed by atoms with Gasteiger partial charge < -0.3 is 39.3 Å². The molecule has 0 unspecified atom stereocenters. The molecule has 0 spiro atoms. The number of aryl methyl sites for hydroxylation is 2. The van der Waals surface area contributed by atoms with Crippen LogP contribution in [0.3, 0.4) is 0 Å². The van der Waals surface area contributed by atoms with Crippen molar-refractivity contribution in [3.63, 3.8) is 0 Å². The van der Waals surface area contributed by atoms with E-state index in [0.717, 1.165) is 44.3 Å². The number of aromatic amines is 2. The van der Waals surface area contributed by atoms with Crippen molar-refractivity contribution in [1.82, 2.24) is 9.97 Å². The predicted octanol–water partition coefficient (Wildman–Crippen LogP) is 9.48. The summed E-state index contributed by atoms with van der Waals surface area (Å²) >= 11 is 13.2. The molecule has 17 heteroatoms. The zero-order valence-electron chi connectivity index (χ0n) is 34.3. The highest BCUT2D eigenvalue weighted by molar-refractivity contribution is 7.13. The van der Waals surface area contributed by atoms with Crippen molar-refractivity contribution in [2.75, 3.05) is 27.4 Å². The average molecular weight is 912 g/mol. The molecular weight excluding hydrogens is 871 g/mol. The SMILES string of the molecule is COc1ccc2[nH]c(C)c(CCON=C(C(=O)O)c3cccs3)c2c1C(=O)c1ccc(Cl)cc1.COc1ccc2[nH]c(C)c(CCON=CC(=O)O)c2c1C(=O)c1ccc(Cl)cc1. The number of benzene rings is 4. The van der Waals surface area contributed by atoms with Crippen molar-refractivity contribution in [2.45, 2.75) is 26.7 Å². The highest BCUT2D eigenvalue weighted by atomic mass is 35.5. The Hall–Kier alpha value is -6.94. The Labute approximate surface area is 374 Å². The van der Waals surface area contributed by atoms with Crippen LogP contribution in [0.25, 0.3) is 21.8 Å². The third-order valence-electron chi connectivity index (χ3n) is 9.83. The molecule has 14 nitrogen and oxygen atoms in total. The summed E-state index contributed by atoms with van der Waals surface area (Å²) in [6.07, 6.45) is 1.51. The molecule has 4 aromatic carbocycles. The number of hydrogen-bond donors (Lipinski definition) is 4. The number of oxime groups is 2. The van der Waals surface area contributed by atoms with Gasteiger partial charge in [-0.05, 0) is 109 Å². The summed E-state index contributed by atoms with van der Waals surface area (Å²) in [6.45, 7) is 4.10. The van der Waals surface area contributed by atoms with Gasteiger partial charge in [-0.2, -0.15) is 0 Å². The van der Waals surface area contributed by atoms with Gasteiger partial charge in [0.2, 0.25) is 5.71 Å². The van der Waals surface area contributed by atoms with E-state index in [1.807, 2.05) is 26.0 Å². The fourth-order valence-corrected chi connectivity index (χ4v) is 7.93. The van der Waals surface area contributed by atoms with Crippen LogP contribution in [0.5, 0.6) is 11.5 Å². The number of methoxy groups -OCH3 is 2. The largest absolute Gasteiger partial charge is 0.496 e. The third-order valence-corrected chi connectivity index (χ3v) is 11.2. The van der Waals surface area contributed by atoms with Crippen LogP contribution in [0, 0.1) is 13.8 Å². The molecule has 324 valence electrons. The summed E-state index contributed by atoms with van der Waals surface area (Å²) in [7, 11) is 3.04. The molecule has 0 aliphatic rings. The van der Waals surface area contributed by atoms with Crippen LogP contribution in [-0.4, -0.2) is 83.0 Å². The number of nitrogens with one attached hydrogen (secondary N) is 2. The normalized spacial score (nSPS) is 11.4. The van der Waals surface area contributed by atoms with Crippen molar-refractivity contribution in [2.24, 2.45) is 10.3 Å². The van der Waals surface area contributed by atoms with Gasteiger partial charge in [-0.1, -0.05) is 39.6 Å². The van der Waals surface area contributed by atoms with E-state index in [4.69, 9.17) is 47.5 Å². The van der Waals surface area contributed by atoms with Crippen LogP contribution in [0.4, 0.5) is 0 Å². The second kappa shape index (κ2) is 20.8. The van der Waals surface area contributed by atoms with Crippen LogP contribution in [0.1, 0.15) is 59.2 Å². The fourth-order valence-electron chi connectivity index (χ4n) is 6.98. The molecule has 0 radical (unpaired) electrons. The molecule has 0 saturated carbocycles. The third kappa shape index (κ3) is 10.6. The van der Waals surface area contributed by atoms with Gasteiger partial charge in [-0.25, -0.2) is 9.59 Å². The van der Waals surface area contributed by atoms with E-state index in [0.29, 0.717) is 67.7 Å². The Morgan fingerprint density at radius 2 is 1.16 bits per heavy atom. The van der Waals surface area contributed by atoms with E-state index in [-0.39, 0.29) is 30.5 Å². The highest BCUT2D eigenvalue weighted by Gasteiger charge is 2.25. The molecule has 0 saturated heterocycles. The Morgan fingerprint density at radius 1 is 0.683 bits per heavy atom. The number of ketones is 2. The number of halogens is 2. The molecule has 63 heavy (non-hydrogen) atoms. The average Bonchev–Trinajstić information content (AvgIpc) is 4.00. The molecule has 0 bridgehead atoms. The van der Waals surface area contributed by atoms with Crippen LogP contribution < -0.4 is 9.47 Å². The zero-order chi connectivity index (χ0) is 45.2. The minimum atomic E-state index is -1.19. The summed E-state index contributed by atoms with van der Waals surface area (Å²) in [4.78, 5) is 66.3. The van der Waals surface area contributed by atoms with E-state index >= 15 is 0 Å². The molecule has 0 aliphatic carbocycles. The maximum absolute atomic E-state index is 13.5. The number of rotatable bonds is 17. The van der Waals surface area contributed by atoms with Crippen LogP contribution in [0.15, 0.2) is 101 Å². The second-order valence-electron chi connectivity index (χ2n) is 13.7. The number of hydrogen-bond acceptors (Lipinski definition) is 11. The van der Waals surface area contributed by atoms with Crippen LogP contribution in [-0.2, 0) is 32.1 Å². The highest BCUT2D eigenvalue weighted by Crippen LogP contribution is 2.36. The summed E-state index contributed by atoms with van der Waals surface area (Å²) in [6, 6.07) is 24.0. The summed E-state index contributed by atoms with van der Waals surface area (Å²) in [5.41, 5.74) is 6.80. The number of nitrogens with zero attached hydrogens (tertiary/aromatic N) is 2. The van der Waals surface area contributed by atoms with E-state index in [1.165, 1.54) is 25.6 Å². The first-order chi connectivity index (χ1) is 30.3. The Kier molecular flexibility index (Phi) is 15.0. The van der Waals surface area contributed by atoms with Gasteiger partial charge in [0.1, 0.15) is 24.7 Å². The first-order valence-electron chi connectivity index (χ1n) is 19.1. The molecule has 3 heterocycles. The van der Waals surface area contributed by atoms with Gasteiger partial charge >= 0.3 is 11.9 Å².